The Hall–Kier alpha value is -1.69. The summed E-state index contributed by atoms with van der Waals surface area (Å²) in [5, 5.41) is 6.23. The number of hydrogen-bond acceptors (Lipinski definition) is 3. The minimum absolute atomic E-state index is 0.293. The number of nitrogens with zero attached hydrogens (tertiary/aromatic N) is 1. The third-order valence-corrected chi connectivity index (χ3v) is 2.60. The summed E-state index contributed by atoms with van der Waals surface area (Å²) in [4.78, 5) is 22.7. The van der Waals surface area contributed by atoms with Gasteiger partial charge in [0.1, 0.15) is 0 Å². The van der Waals surface area contributed by atoms with Crippen molar-refractivity contribution in [3.8, 4) is 0 Å². The van der Waals surface area contributed by atoms with Crippen molar-refractivity contribution in [3.05, 3.63) is 34.3 Å². The Morgan fingerprint density at radius 2 is 2.11 bits per heavy atom. The monoisotopic (exact) mass is 325 g/mol. The van der Waals surface area contributed by atoms with Crippen molar-refractivity contribution in [2.75, 3.05) is 6.54 Å². The maximum atomic E-state index is 11.4. The van der Waals surface area contributed by atoms with Crippen LogP contribution in [-0.2, 0) is 9.59 Å². The first kappa shape index (κ1) is 15.4. The molecule has 0 bridgehead atoms. The lowest BCUT2D eigenvalue weighted by atomic mass is 10.2. The fourth-order valence-electron chi connectivity index (χ4n) is 1.18. The second-order valence-electron chi connectivity index (χ2n) is 4.36. The molecule has 0 aliphatic heterocycles. The number of rotatable bonds is 4. The minimum atomic E-state index is -0.771. The molecule has 102 valence electrons. The highest BCUT2D eigenvalue weighted by Gasteiger charge is 2.11. The van der Waals surface area contributed by atoms with Gasteiger partial charge in [0.15, 0.2) is 0 Å². The fourth-order valence-corrected chi connectivity index (χ4v) is 1.60. The van der Waals surface area contributed by atoms with E-state index in [1.54, 1.807) is 0 Å². The zero-order valence-corrected chi connectivity index (χ0v) is 12.4. The standard InChI is InChI=1S/C13H16BrN3O2/c1-9(2)7-15-12(18)13(19)17-16-8-10-4-3-5-11(14)6-10/h3-6,8-9H,7H2,1-2H3,(H,15,18)(H,17,19)/b16-8-. The smallest absolute Gasteiger partial charge is 0.329 e. The number of carbonyl (C=O) groups is 2. The van der Waals surface area contributed by atoms with Gasteiger partial charge < -0.3 is 5.32 Å². The summed E-state index contributed by atoms with van der Waals surface area (Å²) in [5.41, 5.74) is 2.99. The summed E-state index contributed by atoms with van der Waals surface area (Å²) in [6.45, 7) is 4.36. The molecule has 0 aliphatic rings. The van der Waals surface area contributed by atoms with Crippen LogP contribution in [0.4, 0.5) is 0 Å². The first-order valence-electron chi connectivity index (χ1n) is 5.86. The molecule has 0 aromatic heterocycles. The Labute approximate surface area is 120 Å². The average molecular weight is 326 g/mol. The molecule has 0 unspecified atom stereocenters. The van der Waals surface area contributed by atoms with Gasteiger partial charge in [-0.15, -0.1) is 0 Å². The zero-order chi connectivity index (χ0) is 14.3. The average Bonchev–Trinajstić information content (AvgIpc) is 2.35. The van der Waals surface area contributed by atoms with Gasteiger partial charge in [-0.1, -0.05) is 41.9 Å². The van der Waals surface area contributed by atoms with E-state index >= 15 is 0 Å². The van der Waals surface area contributed by atoms with Crippen LogP contribution in [0.25, 0.3) is 0 Å². The van der Waals surface area contributed by atoms with Gasteiger partial charge in [0, 0.05) is 11.0 Å². The van der Waals surface area contributed by atoms with Gasteiger partial charge in [-0.05, 0) is 23.6 Å². The predicted octanol–water partition coefficient (Wildman–Crippen LogP) is 1.67. The van der Waals surface area contributed by atoms with Gasteiger partial charge in [0.25, 0.3) is 0 Å². The van der Waals surface area contributed by atoms with E-state index in [-0.39, 0.29) is 0 Å². The normalized spacial score (nSPS) is 10.7. The second kappa shape index (κ2) is 7.68. The number of nitrogens with one attached hydrogen (secondary N) is 2. The molecule has 6 heteroatoms. The molecular formula is C13H16BrN3O2. The number of hydrazone groups is 1. The van der Waals surface area contributed by atoms with Crippen molar-refractivity contribution in [3.63, 3.8) is 0 Å². The van der Waals surface area contributed by atoms with Crippen LogP contribution in [0.1, 0.15) is 19.4 Å². The van der Waals surface area contributed by atoms with Crippen LogP contribution >= 0.6 is 15.9 Å². The van der Waals surface area contributed by atoms with Gasteiger partial charge >= 0.3 is 11.8 Å². The Balaban J connectivity index is 2.43. The molecule has 0 aliphatic carbocycles. The fraction of sp³-hybridized carbons (Fsp3) is 0.308. The second-order valence-corrected chi connectivity index (χ2v) is 5.27. The van der Waals surface area contributed by atoms with Crippen LogP contribution in [0, 0.1) is 5.92 Å². The molecule has 1 rings (SSSR count). The molecule has 2 amide bonds. The molecule has 5 nitrogen and oxygen atoms in total. The highest BCUT2D eigenvalue weighted by atomic mass is 79.9. The number of benzene rings is 1. The van der Waals surface area contributed by atoms with Crippen LogP contribution in [0.15, 0.2) is 33.8 Å². The number of halogens is 1. The topological polar surface area (TPSA) is 70.6 Å². The van der Waals surface area contributed by atoms with Gasteiger partial charge in [-0.2, -0.15) is 5.10 Å². The van der Waals surface area contributed by atoms with E-state index in [2.05, 4.69) is 31.8 Å². The zero-order valence-electron chi connectivity index (χ0n) is 10.8. The van der Waals surface area contributed by atoms with E-state index in [4.69, 9.17) is 0 Å². The maximum Gasteiger partial charge on any atom is 0.329 e. The van der Waals surface area contributed by atoms with Crippen molar-refractivity contribution in [2.45, 2.75) is 13.8 Å². The summed E-state index contributed by atoms with van der Waals surface area (Å²) < 4.78 is 0.914. The lowest BCUT2D eigenvalue weighted by Gasteiger charge is -2.05. The molecule has 1 aromatic rings. The van der Waals surface area contributed by atoms with Crippen molar-refractivity contribution < 1.29 is 9.59 Å². The lowest BCUT2D eigenvalue weighted by molar-refractivity contribution is -0.139. The molecule has 2 N–H and O–H groups in total. The van der Waals surface area contributed by atoms with E-state index in [0.717, 1.165) is 10.0 Å². The highest BCUT2D eigenvalue weighted by molar-refractivity contribution is 9.10. The van der Waals surface area contributed by atoms with Crippen LogP contribution in [0.5, 0.6) is 0 Å². The Morgan fingerprint density at radius 3 is 2.74 bits per heavy atom. The number of hydrogen-bond donors (Lipinski definition) is 2. The van der Waals surface area contributed by atoms with Gasteiger partial charge in [-0.3, -0.25) is 9.59 Å². The van der Waals surface area contributed by atoms with Crippen LogP contribution < -0.4 is 10.7 Å². The molecule has 0 saturated carbocycles. The quantitative estimate of drug-likeness (QED) is 0.502. The SMILES string of the molecule is CC(C)CNC(=O)C(=O)N/N=C\c1cccc(Br)c1. The Kier molecular flexibility index (Phi) is 6.21. The third kappa shape index (κ3) is 6.15. The third-order valence-electron chi connectivity index (χ3n) is 2.11. The first-order valence-corrected chi connectivity index (χ1v) is 6.65. The first-order chi connectivity index (χ1) is 8.99. The molecule has 0 heterocycles. The molecular weight excluding hydrogens is 310 g/mol. The molecule has 0 fully saturated rings. The minimum Gasteiger partial charge on any atom is -0.348 e. The molecule has 1 aromatic carbocycles. The van der Waals surface area contributed by atoms with Crippen LogP contribution in [0.3, 0.4) is 0 Å². The van der Waals surface area contributed by atoms with Gasteiger partial charge in [-0.25, -0.2) is 5.43 Å². The van der Waals surface area contributed by atoms with E-state index < -0.39 is 11.8 Å². The maximum absolute atomic E-state index is 11.4. The summed E-state index contributed by atoms with van der Waals surface area (Å²) in [6.07, 6.45) is 1.47. The van der Waals surface area contributed by atoms with E-state index in [1.807, 2.05) is 38.1 Å². The Morgan fingerprint density at radius 1 is 1.37 bits per heavy atom. The van der Waals surface area contributed by atoms with Crippen molar-refractivity contribution in [1.29, 1.82) is 0 Å². The van der Waals surface area contributed by atoms with Crippen molar-refractivity contribution in [1.82, 2.24) is 10.7 Å². The lowest BCUT2D eigenvalue weighted by Crippen LogP contribution is -2.39. The van der Waals surface area contributed by atoms with E-state index in [1.165, 1.54) is 6.21 Å². The predicted molar refractivity (Wildman–Crippen MR) is 77.7 cm³/mol. The molecule has 0 saturated heterocycles. The van der Waals surface area contributed by atoms with E-state index in [9.17, 15) is 9.59 Å². The van der Waals surface area contributed by atoms with Gasteiger partial charge in [0.05, 0.1) is 6.21 Å². The molecule has 0 atom stereocenters. The van der Waals surface area contributed by atoms with Crippen LogP contribution in [-0.4, -0.2) is 24.6 Å². The van der Waals surface area contributed by atoms with Crippen LogP contribution in [0.2, 0.25) is 0 Å². The molecule has 0 spiro atoms. The summed E-state index contributed by atoms with van der Waals surface area (Å²) in [7, 11) is 0. The van der Waals surface area contributed by atoms with Gasteiger partial charge in [0.2, 0.25) is 0 Å². The molecule has 19 heavy (non-hydrogen) atoms. The summed E-state index contributed by atoms with van der Waals surface area (Å²) in [5.74, 6) is -1.16. The number of carbonyl (C=O) groups excluding carboxylic acids is 2. The highest BCUT2D eigenvalue weighted by Crippen LogP contribution is 2.09. The van der Waals surface area contributed by atoms with E-state index in [0.29, 0.717) is 12.5 Å². The van der Waals surface area contributed by atoms with Crippen molar-refractivity contribution >= 4 is 34.0 Å². The molecule has 0 radical (unpaired) electrons. The Bertz CT molecular complexity index is 487. The number of amides is 2. The van der Waals surface area contributed by atoms with Crippen molar-refractivity contribution in [2.24, 2.45) is 11.0 Å². The largest absolute Gasteiger partial charge is 0.348 e. The summed E-state index contributed by atoms with van der Waals surface area (Å²) >= 11 is 3.33. The summed E-state index contributed by atoms with van der Waals surface area (Å²) in [6, 6.07) is 7.41.